The van der Waals surface area contributed by atoms with E-state index < -0.39 is 0 Å². The van der Waals surface area contributed by atoms with Crippen LogP contribution in [0, 0.1) is 22.7 Å². The molecule has 0 aliphatic rings. The summed E-state index contributed by atoms with van der Waals surface area (Å²) in [5, 5.41) is 19.7. The zero-order chi connectivity index (χ0) is 18.5. The molecule has 3 aromatic rings. The molecule has 26 heavy (non-hydrogen) atoms. The molecular weight excluding hydrogens is 371 g/mol. The van der Waals surface area contributed by atoms with Crippen LogP contribution in [0.5, 0.6) is 23.0 Å². The minimum Gasteiger partial charge on any atom is -0.453 e. The Morgan fingerprint density at radius 1 is 0.615 bits per heavy atom. The van der Waals surface area contributed by atoms with Crippen molar-refractivity contribution < 1.29 is 9.47 Å². The Morgan fingerprint density at radius 2 is 0.962 bits per heavy atom. The first-order valence-corrected chi connectivity index (χ1v) is 8.20. The van der Waals surface area contributed by atoms with Gasteiger partial charge in [-0.25, -0.2) is 0 Å². The van der Waals surface area contributed by atoms with Crippen LogP contribution < -0.4 is 9.47 Å². The quantitative estimate of drug-likeness (QED) is 0.530. The summed E-state index contributed by atoms with van der Waals surface area (Å²) in [6.07, 6.45) is 0. The van der Waals surface area contributed by atoms with Crippen LogP contribution in [0.25, 0.3) is 0 Å². The Hall–Kier alpha value is -3.18. The van der Waals surface area contributed by atoms with Crippen molar-refractivity contribution in [3.05, 3.63) is 81.8 Å². The highest BCUT2D eigenvalue weighted by atomic mass is 35.5. The van der Waals surface area contributed by atoms with Crippen molar-refractivity contribution in [3.63, 3.8) is 0 Å². The molecule has 126 valence electrons. The van der Waals surface area contributed by atoms with Gasteiger partial charge in [0.1, 0.15) is 23.6 Å². The Bertz CT molecular complexity index is 933. The Labute approximate surface area is 160 Å². The van der Waals surface area contributed by atoms with Crippen LogP contribution >= 0.6 is 23.2 Å². The Kier molecular flexibility index (Phi) is 5.29. The molecule has 3 aromatic carbocycles. The third-order valence-electron chi connectivity index (χ3n) is 3.41. The smallest absolute Gasteiger partial charge is 0.171 e. The monoisotopic (exact) mass is 380 g/mol. The third kappa shape index (κ3) is 4.07. The van der Waals surface area contributed by atoms with Crippen LogP contribution in [0.15, 0.2) is 60.7 Å². The second-order valence-corrected chi connectivity index (χ2v) is 6.05. The standard InChI is InChI=1S/C20H10Cl2N2O2/c21-15-1-5-17(6-2-15)25-19-9-13(11-23)14(12-24)10-20(19)26-18-7-3-16(22)4-8-18/h1-10H. The molecule has 0 aliphatic heterocycles. The van der Waals surface area contributed by atoms with Crippen molar-refractivity contribution >= 4 is 23.2 Å². The van der Waals surface area contributed by atoms with Gasteiger partial charge in [0, 0.05) is 22.2 Å². The van der Waals surface area contributed by atoms with Gasteiger partial charge in [-0.3, -0.25) is 0 Å². The average Bonchev–Trinajstić information content (AvgIpc) is 2.66. The van der Waals surface area contributed by atoms with E-state index in [0.29, 0.717) is 33.0 Å². The van der Waals surface area contributed by atoms with E-state index in [9.17, 15) is 10.5 Å². The number of nitrogens with zero attached hydrogens (tertiary/aromatic N) is 2. The largest absolute Gasteiger partial charge is 0.453 e. The number of benzene rings is 3. The topological polar surface area (TPSA) is 66.0 Å². The van der Waals surface area contributed by atoms with Gasteiger partial charge in [-0.1, -0.05) is 23.2 Å². The molecule has 0 heterocycles. The van der Waals surface area contributed by atoms with Crippen LogP contribution in [0.2, 0.25) is 10.0 Å². The second kappa shape index (κ2) is 7.80. The number of hydrogen-bond donors (Lipinski definition) is 0. The molecule has 0 N–H and O–H groups in total. The highest BCUT2D eigenvalue weighted by Gasteiger charge is 2.14. The van der Waals surface area contributed by atoms with Gasteiger partial charge in [0.2, 0.25) is 0 Å². The van der Waals surface area contributed by atoms with Crippen LogP contribution in [0.3, 0.4) is 0 Å². The third-order valence-corrected chi connectivity index (χ3v) is 3.91. The minimum atomic E-state index is 0.194. The lowest BCUT2D eigenvalue weighted by molar-refractivity contribution is 0.418. The van der Waals surface area contributed by atoms with Crippen molar-refractivity contribution in [2.24, 2.45) is 0 Å². The fourth-order valence-corrected chi connectivity index (χ4v) is 2.42. The molecule has 0 spiro atoms. The zero-order valence-electron chi connectivity index (χ0n) is 13.2. The minimum absolute atomic E-state index is 0.194. The molecule has 0 bridgehead atoms. The van der Waals surface area contributed by atoms with Gasteiger partial charge in [-0.15, -0.1) is 0 Å². The lowest BCUT2D eigenvalue weighted by Crippen LogP contribution is -1.94. The number of rotatable bonds is 4. The first kappa shape index (κ1) is 17.6. The van der Waals surface area contributed by atoms with Crippen molar-refractivity contribution in [1.29, 1.82) is 10.5 Å². The molecule has 0 aliphatic carbocycles. The molecule has 4 nitrogen and oxygen atoms in total. The molecule has 0 atom stereocenters. The molecule has 3 rings (SSSR count). The molecule has 0 unspecified atom stereocenters. The van der Waals surface area contributed by atoms with Gasteiger partial charge in [0.25, 0.3) is 0 Å². The fourth-order valence-electron chi connectivity index (χ4n) is 2.16. The summed E-state index contributed by atoms with van der Waals surface area (Å²) in [6.45, 7) is 0. The van der Waals surface area contributed by atoms with E-state index >= 15 is 0 Å². The maximum atomic E-state index is 9.26. The van der Waals surface area contributed by atoms with Crippen molar-refractivity contribution in [2.45, 2.75) is 0 Å². The van der Waals surface area contributed by atoms with Gasteiger partial charge in [-0.05, 0) is 48.5 Å². The molecular formula is C20H10Cl2N2O2. The molecule has 0 aromatic heterocycles. The summed E-state index contributed by atoms with van der Waals surface area (Å²) in [7, 11) is 0. The van der Waals surface area contributed by atoms with Crippen molar-refractivity contribution in [1.82, 2.24) is 0 Å². The van der Waals surface area contributed by atoms with E-state index in [1.165, 1.54) is 12.1 Å². The maximum Gasteiger partial charge on any atom is 0.171 e. The lowest BCUT2D eigenvalue weighted by Gasteiger charge is -2.13. The van der Waals surface area contributed by atoms with E-state index in [1.54, 1.807) is 48.5 Å². The Balaban J connectivity index is 2.02. The van der Waals surface area contributed by atoms with E-state index in [1.807, 2.05) is 12.1 Å². The van der Waals surface area contributed by atoms with Gasteiger partial charge in [0.15, 0.2) is 11.5 Å². The molecule has 0 fully saturated rings. The molecule has 0 radical (unpaired) electrons. The average molecular weight is 381 g/mol. The van der Waals surface area contributed by atoms with E-state index in [0.717, 1.165) is 0 Å². The fraction of sp³-hybridized carbons (Fsp3) is 0. The SMILES string of the molecule is N#Cc1cc(Oc2ccc(Cl)cc2)c(Oc2ccc(Cl)cc2)cc1C#N. The van der Waals surface area contributed by atoms with Crippen molar-refractivity contribution in [3.8, 4) is 35.1 Å². The number of halogens is 2. The number of hydrogen-bond acceptors (Lipinski definition) is 4. The van der Waals surface area contributed by atoms with Gasteiger partial charge < -0.3 is 9.47 Å². The number of ether oxygens (including phenoxy) is 2. The van der Waals surface area contributed by atoms with E-state index in [4.69, 9.17) is 32.7 Å². The maximum absolute atomic E-state index is 9.26. The van der Waals surface area contributed by atoms with Gasteiger partial charge in [-0.2, -0.15) is 10.5 Å². The molecule has 6 heteroatoms. The highest BCUT2D eigenvalue weighted by molar-refractivity contribution is 6.30. The molecule has 0 saturated heterocycles. The predicted molar refractivity (Wildman–Crippen MR) is 98.9 cm³/mol. The summed E-state index contributed by atoms with van der Waals surface area (Å²) < 4.78 is 11.7. The second-order valence-electron chi connectivity index (χ2n) is 5.18. The molecule has 0 amide bonds. The zero-order valence-corrected chi connectivity index (χ0v) is 14.8. The normalized spacial score (nSPS) is 9.85. The highest BCUT2D eigenvalue weighted by Crippen LogP contribution is 2.37. The van der Waals surface area contributed by atoms with E-state index in [-0.39, 0.29) is 11.1 Å². The summed E-state index contributed by atoms with van der Waals surface area (Å²) in [5.41, 5.74) is 0.389. The lowest BCUT2D eigenvalue weighted by atomic mass is 10.1. The summed E-state index contributed by atoms with van der Waals surface area (Å²) >= 11 is 11.8. The summed E-state index contributed by atoms with van der Waals surface area (Å²) in [5.74, 6) is 1.64. The van der Waals surface area contributed by atoms with Crippen molar-refractivity contribution in [2.75, 3.05) is 0 Å². The van der Waals surface area contributed by atoms with Crippen LogP contribution in [0.1, 0.15) is 11.1 Å². The summed E-state index contributed by atoms with van der Waals surface area (Å²) in [4.78, 5) is 0. The van der Waals surface area contributed by atoms with Crippen LogP contribution in [-0.4, -0.2) is 0 Å². The van der Waals surface area contributed by atoms with Crippen LogP contribution in [0.4, 0.5) is 0 Å². The molecule has 0 saturated carbocycles. The van der Waals surface area contributed by atoms with Gasteiger partial charge in [0.05, 0.1) is 11.1 Å². The first-order chi connectivity index (χ1) is 12.6. The summed E-state index contributed by atoms with van der Waals surface area (Å²) in [6, 6.07) is 20.4. The first-order valence-electron chi connectivity index (χ1n) is 7.44. The number of nitriles is 2. The van der Waals surface area contributed by atoms with Crippen LogP contribution in [-0.2, 0) is 0 Å². The Morgan fingerprint density at radius 3 is 1.27 bits per heavy atom. The van der Waals surface area contributed by atoms with E-state index in [2.05, 4.69) is 0 Å². The predicted octanol–water partition coefficient (Wildman–Crippen LogP) is 6.32. The van der Waals surface area contributed by atoms with Gasteiger partial charge >= 0.3 is 0 Å².